The summed E-state index contributed by atoms with van der Waals surface area (Å²) < 4.78 is 0. The zero-order valence-corrected chi connectivity index (χ0v) is 5.35. The first-order valence-corrected chi connectivity index (χ1v) is 2.96. The smallest absolute Gasteiger partial charge is 0.268 e. The van der Waals surface area contributed by atoms with Gasteiger partial charge in [0.15, 0.2) is 0 Å². The molecule has 0 unspecified atom stereocenters. The standard InChI is InChI=1S/C6H7N3O/c7-2-1-5-6(10)9-4-3-8-5/h1,8H,3-4H2,(H,9,10)/b5-1-. The van der Waals surface area contributed by atoms with Gasteiger partial charge in [-0.1, -0.05) is 0 Å². The number of nitrogens with one attached hydrogen (secondary N) is 2. The van der Waals surface area contributed by atoms with Crippen molar-refractivity contribution in [1.29, 1.82) is 5.26 Å². The molecule has 1 aliphatic heterocycles. The molecular weight excluding hydrogens is 130 g/mol. The van der Waals surface area contributed by atoms with E-state index in [1.165, 1.54) is 6.08 Å². The molecule has 52 valence electrons. The lowest BCUT2D eigenvalue weighted by molar-refractivity contribution is -0.118. The fraction of sp³-hybridized carbons (Fsp3) is 0.333. The molecule has 1 saturated heterocycles. The second-order valence-corrected chi connectivity index (χ2v) is 1.87. The maximum absolute atomic E-state index is 10.8. The van der Waals surface area contributed by atoms with E-state index in [4.69, 9.17) is 5.26 Å². The lowest BCUT2D eigenvalue weighted by Crippen LogP contribution is -2.42. The molecule has 2 N–H and O–H groups in total. The molecule has 0 aliphatic carbocycles. The molecule has 0 saturated carbocycles. The fourth-order valence-corrected chi connectivity index (χ4v) is 0.730. The topological polar surface area (TPSA) is 64.9 Å². The minimum atomic E-state index is -0.201. The summed E-state index contributed by atoms with van der Waals surface area (Å²) in [5, 5.41) is 13.6. The number of hydrogen-bond acceptors (Lipinski definition) is 3. The van der Waals surface area contributed by atoms with Crippen LogP contribution in [0.15, 0.2) is 11.8 Å². The SMILES string of the molecule is N#C/C=C1\NCCNC1=O. The number of allylic oxidation sites excluding steroid dienone is 1. The van der Waals surface area contributed by atoms with Crippen LogP contribution < -0.4 is 10.6 Å². The van der Waals surface area contributed by atoms with Crippen LogP contribution in [0.1, 0.15) is 0 Å². The van der Waals surface area contributed by atoms with Gasteiger partial charge in [0.05, 0.1) is 6.07 Å². The van der Waals surface area contributed by atoms with Crippen molar-refractivity contribution in [3.63, 3.8) is 0 Å². The van der Waals surface area contributed by atoms with Crippen LogP contribution in [0.5, 0.6) is 0 Å². The predicted octanol–water partition coefficient (Wildman–Crippen LogP) is -0.887. The van der Waals surface area contributed by atoms with Crippen molar-refractivity contribution < 1.29 is 4.79 Å². The summed E-state index contributed by atoms with van der Waals surface area (Å²) in [6, 6.07) is 1.78. The average Bonchev–Trinajstić information content (AvgIpc) is 1.94. The molecule has 0 bridgehead atoms. The molecule has 0 atom stereocenters. The molecule has 0 aromatic heterocycles. The van der Waals surface area contributed by atoms with Gasteiger partial charge in [-0.15, -0.1) is 0 Å². The van der Waals surface area contributed by atoms with E-state index in [-0.39, 0.29) is 5.91 Å². The zero-order valence-electron chi connectivity index (χ0n) is 5.35. The largest absolute Gasteiger partial charge is 0.378 e. The lowest BCUT2D eigenvalue weighted by atomic mass is 10.3. The summed E-state index contributed by atoms with van der Waals surface area (Å²) in [6.07, 6.45) is 1.20. The van der Waals surface area contributed by atoms with Crippen LogP contribution in [0.3, 0.4) is 0 Å². The van der Waals surface area contributed by atoms with Crippen LogP contribution >= 0.6 is 0 Å². The lowest BCUT2D eigenvalue weighted by Gasteiger charge is -2.15. The highest BCUT2D eigenvalue weighted by atomic mass is 16.2. The van der Waals surface area contributed by atoms with Crippen molar-refractivity contribution in [2.75, 3.05) is 13.1 Å². The second kappa shape index (κ2) is 2.87. The molecule has 0 aromatic rings. The van der Waals surface area contributed by atoms with Gasteiger partial charge in [0.2, 0.25) is 0 Å². The third-order valence-corrected chi connectivity index (χ3v) is 1.18. The van der Waals surface area contributed by atoms with E-state index >= 15 is 0 Å². The number of carbonyl (C=O) groups excluding carboxylic acids is 1. The van der Waals surface area contributed by atoms with Crippen molar-refractivity contribution in [3.05, 3.63) is 11.8 Å². The Balaban J connectivity index is 2.67. The molecule has 0 radical (unpaired) electrons. The van der Waals surface area contributed by atoms with Crippen molar-refractivity contribution in [2.45, 2.75) is 0 Å². The van der Waals surface area contributed by atoms with Crippen LogP contribution in [-0.2, 0) is 4.79 Å². The molecule has 10 heavy (non-hydrogen) atoms. The quantitative estimate of drug-likeness (QED) is 0.336. The molecule has 4 heteroatoms. The fourth-order valence-electron chi connectivity index (χ4n) is 0.730. The van der Waals surface area contributed by atoms with Crippen LogP contribution in [0, 0.1) is 11.3 Å². The van der Waals surface area contributed by atoms with E-state index in [1.54, 1.807) is 6.07 Å². The van der Waals surface area contributed by atoms with Gasteiger partial charge in [-0.05, 0) is 0 Å². The van der Waals surface area contributed by atoms with Gasteiger partial charge in [-0.25, -0.2) is 0 Å². The summed E-state index contributed by atoms with van der Waals surface area (Å²) in [4.78, 5) is 10.8. The van der Waals surface area contributed by atoms with Gasteiger partial charge < -0.3 is 10.6 Å². The molecule has 1 rings (SSSR count). The highest BCUT2D eigenvalue weighted by molar-refractivity contribution is 5.93. The Morgan fingerprint density at radius 2 is 2.20 bits per heavy atom. The molecular formula is C6H7N3O. The summed E-state index contributed by atoms with van der Waals surface area (Å²) in [5.41, 5.74) is 0.355. The van der Waals surface area contributed by atoms with Gasteiger partial charge in [-0.3, -0.25) is 4.79 Å². The molecule has 4 nitrogen and oxygen atoms in total. The molecule has 1 aliphatic rings. The summed E-state index contributed by atoms with van der Waals surface area (Å²) in [5.74, 6) is -0.201. The Bertz CT molecular complexity index is 214. The zero-order chi connectivity index (χ0) is 7.40. The van der Waals surface area contributed by atoms with Crippen LogP contribution in [-0.4, -0.2) is 19.0 Å². The number of carbonyl (C=O) groups is 1. The number of amides is 1. The first-order chi connectivity index (χ1) is 4.84. The normalized spacial score (nSPS) is 21.1. The van der Waals surface area contributed by atoms with Crippen molar-refractivity contribution in [3.8, 4) is 6.07 Å². The second-order valence-electron chi connectivity index (χ2n) is 1.87. The monoisotopic (exact) mass is 137 g/mol. The van der Waals surface area contributed by atoms with E-state index in [1.807, 2.05) is 0 Å². The summed E-state index contributed by atoms with van der Waals surface area (Å²) >= 11 is 0. The maximum Gasteiger partial charge on any atom is 0.268 e. The Hall–Kier alpha value is -1.50. The Labute approximate surface area is 58.5 Å². The van der Waals surface area contributed by atoms with Gasteiger partial charge in [0.1, 0.15) is 5.70 Å². The van der Waals surface area contributed by atoms with Gasteiger partial charge >= 0.3 is 0 Å². The highest BCUT2D eigenvalue weighted by Gasteiger charge is 2.11. The van der Waals surface area contributed by atoms with E-state index in [9.17, 15) is 4.79 Å². The van der Waals surface area contributed by atoms with Crippen LogP contribution in [0.2, 0.25) is 0 Å². The third kappa shape index (κ3) is 1.26. The Morgan fingerprint density at radius 3 is 2.80 bits per heavy atom. The van der Waals surface area contributed by atoms with E-state index in [0.29, 0.717) is 18.8 Å². The summed E-state index contributed by atoms with van der Waals surface area (Å²) in [6.45, 7) is 1.32. The minimum absolute atomic E-state index is 0.201. The maximum atomic E-state index is 10.8. The van der Waals surface area contributed by atoms with Gasteiger partial charge in [0.25, 0.3) is 5.91 Å². The molecule has 0 aromatic carbocycles. The first-order valence-electron chi connectivity index (χ1n) is 2.96. The minimum Gasteiger partial charge on any atom is -0.378 e. The number of hydrogen-bond donors (Lipinski definition) is 2. The van der Waals surface area contributed by atoms with Crippen molar-refractivity contribution >= 4 is 5.91 Å². The highest BCUT2D eigenvalue weighted by Crippen LogP contribution is 1.91. The van der Waals surface area contributed by atoms with Gasteiger partial charge in [-0.2, -0.15) is 5.26 Å². The van der Waals surface area contributed by atoms with E-state index < -0.39 is 0 Å². The van der Waals surface area contributed by atoms with Crippen LogP contribution in [0.4, 0.5) is 0 Å². The molecule has 1 heterocycles. The Kier molecular flexibility index (Phi) is 1.90. The number of nitriles is 1. The first kappa shape index (κ1) is 6.62. The average molecular weight is 137 g/mol. The predicted molar refractivity (Wildman–Crippen MR) is 34.7 cm³/mol. The van der Waals surface area contributed by atoms with E-state index in [2.05, 4.69) is 10.6 Å². The summed E-state index contributed by atoms with van der Waals surface area (Å²) in [7, 11) is 0. The molecule has 0 spiro atoms. The van der Waals surface area contributed by atoms with Crippen molar-refractivity contribution in [2.24, 2.45) is 0 Å². The molecule has 1 fully saturated rings. The van der Waals surface area contributed by atoms with Gasteiger partial charge in [0, 0.05) is 19.2 Å². The number of rotatable bonds is 0. The van der Waals surface area contributed by atoms with E-state index in [0.717, 1.165) is 0 Å². The Morgan fingerprint density at radius 1 is 1.50 bits per heavy atom. The number of piperazine rings is 1. The van der Waals surface area contributed by atoms with Crippen LogP contribution in [0.25, 0.3) is 0 Å². The number of nitrogens with zero attached hydrogens (tertiary/aromatic N) is 1. The van der Waals surface area contributed by atoms with Crippen molar-refractivity contribution in [1.82, 2.24) is 10.6 Å². The third-order valence-electron chi connectivity index (χ3n) is 1.18. The molecule has 1 amide bonds.